The van der Waals surface area contributed by atoms with Crippen molar-refractivity contribution in [1.29, 1.82) is 0 Å². The summed E-state index contributed by atoms with van der Waals surface area (Å²) in [6.07, 6.45) is 5.27. The lowest BCUT2D eigenvalue weighted by Gasteiger charge is -2.26. The number of guanidine groups is 1. The average molecular weight is 737 g/mol. The van der Waals surface area contributed by atoms with Crippen molar-refractivity contribution in [1.82, 2.24) is 41.5 Å². The number of aliphatic imine (C=N–C) groups is 1. The number of carboxylic acid groups (broad SMARTS) is 1. The molecule has 0 bridgehead atoms. The van der Waals surface area contributed by atoms with Gasteiger partial charge in [0.25, 0.3) is 0 Å². The molecule has 0 spiro atoms. The maximum Gasteiger partial charge on any atom is 0.326 e. The molecule has 1 saturated heterocycles. The third-order valence-electron chi connectivity index (χ3n) is 8.80. The van der Waals surface area contributed by atoms with E-state index in [9.17, 15) is 33.9 Å². The standard InChI is InChI=1S/C34H48N12O7/c35-12-4-3-8-23-29(48)43-24(9-5-13-39-34(36)37)30(49)45-26(14-19-16-40-22-7-2-1-6-21(19)22)31(50)46-27(15-20-17-38-18-41-20)32(51)44-25(33(52)53)10-11-28(47)42-23/h1-2,6-7,16-18,23-27,40H,3-5,8-15,35H2,(H,38,41)(H,42,47)(H,43,48)(H,44,51)(H,45,49)(H,46,50)(H,52,53)(H4,36,37,39)/t23-,24-,25-,26+,27-/m0/s1. The van der Waals surface area contributed by atoms with E-state index in [2.05, 4.69) is 46.5 Å². The summed E-state index contributed by atoms with van der Waals surface area (Å²) in [4.78, 5) is 94.9. The smallest absolute Gasteiger partial charge is 0.326 e. The monoisotopic (exact) mass is 736 g/mol. The average Bonchev–Trinajstić information content (AvgIpc) is 3.79. The van der Waals surface area contributed by atoms with E-state index in [1.54, 1.807) is 6.20 Å². The molecule has 0 unspecified atom stereocenters. The number of nitrogens with zero attached hydrogens (tertiary/aromatic N) is 2. The van der Waals surface area contributed by atoms with Gasteiger partial charge < -0.3 is 58.9 Å². The number of rotatable bonds is 13. The van der Waals surface area contributed by atoms with E-state index >= 15 is 0 Å². The molecule has 19 nitrogen and oxygen atoms in total. The predicted octanol–water partition coefficient (Wildman–Crippen LogP) is -1.84. The Morgan fingerprint density at radius 2 is 1.45 bits per heavy atom. The molecule has 5 amide bonds. The van der Waals surface area contributed by atoms with Crippen LogP contribution in [0.25, 0.3) is 10.9 Å². The van der Waals surface area contributed by atoms with E-state index in [0.29, 0.717) is 30.6 Å². The number of nitrogens with one attached hydrogen (secondary N) is 7. The summed E-state index contributed by atoms with van der Waals surface area (Å²) in [5.41, 5.74) is 18.5. The van der Waals surface area contributed by atoms with Crippen molar-refractivity contribution in [2.75, 3.05) is 13.1 Å². The molecule has 286 valence electrons. The summed E-state index contributed by atoms with van der Waals surface area (Å²) < 4.78 is 0. The molecule has 5 atom stereocenters. The lowest BCUT2D eigenvalue weighted by atomic mass is 10.0. The first-order valence-corrected chi connectivity index (χ1v) is 17.5. The number of unbranched alkanes of at least 4 members (excludes halogenated alkanes) is 1. The van der Waals surface area contributed by atoms with Crippen LogP contribution >= 0.6 is 0 Å². The zero-order valence-electron chi connectivity index (χ0n) is 29.2. The number of fused-ring (bicyclic) bond motifs is 1. The Morgan fingerprint density at radius 3 is 2.13 bits per heavy atom. The fourth-order valence-electron chi connectivity index (χ4n) is 5.98. The van der Waals surface area contributed by atoms with Gasteiger partial charge in [-0.1, -0.05) is 18.2 Å². The fourth-order valence-corrected chi connectivity index (χ4v) is 5.98. The number of carbonyl (C=O) groups excluding carboxylic acids is 5. The largest absolute Gasteiger partial charge is 0.480 e. The molecule has 3 heterocycles. The van der Waals surface area contributed by atoms with E-state index in [1.165, 1.54) is 12.5 Å². The molecule has 0 aliphatic carbocycles. The third kappa shape index (κ3) is 12.1. The van der Waals surface area contributed by atoms with Gasteiger partial charge in [-0.25, -0.2) is 9.78 Å². The number of aromatic amines is 2. The number of aromatic nitrogens is 3. The van der Waals surface area contributed by atoms with Gasteiger partial charge in [0.05, 0.1) is 6.33 Å². The van der Waals surface area contributed by atoms with E-state index in [4.69, 9.17) is 17.2 Å². The van der Waals surface area contributed by atoms with Crippen molar-refractivity contribution in [3.8, 4) is 0 Å². The lowest BCUT2D eigenvalue weighted by molar-refractivity contribution is -0.142. The Kier molecular flexibility index (Phi) is 14.7. The Balaban J connectivity index is 1.73. The predicted molar refractivity (Wildman–Crippen MR) is 194 cm³/mol. The molecule has 1 aliphatic heterocycles. The number of carboxylic acids is 1. The Morgan fingerprint density at radius 1 is 0.811 bits per heavy atom. The minimum atomic E-state index is -1.51. The number of H-pyrrole nitrogens is 2. The second-order valence-electron chi connectivity index (χ2n) is 12.8. The number of amides is 5. The topological polar surface area (TPSA) is 318 Å². The van der Waals surface area contributed by atoms with E-state index < -0.39 is 65.7 Å². The molecule has 3 aromatic rings. The van der Waals surface area contributed by atoms with Gasteiger partial charge in [0.1, 0.15) is 30.2 Å². The number of carbonyl (C=O) groups is 6. The van der Waals surface area contributed by atoms with Crippen LogP contribution in [0.4, 0.5) is 0 Å². The minimum absolute atomic E-state index is 0.0236. The molecule has 4 rings (SSSR count). The number of hydrogen-bond acceptors (Lipinski definition) is 9. The van der Waals surface area contributed by atoms with E-state index in [-0.39, 0.29) is 57.5 Å². The van der Waals surface area contributed by atoms with Gasteiger partial charge in [0.15, 0.2) is 5.96 Å². The van der Waals surface area contributed by atoms with Gasteiger partial charge in [-0.15, -0.1) is 0 Å². The highest BCUT2D eigenvalue weighted by molar-refractivity contribution is 5.97. The van der Waals surface area contributed by atoms with Crippen LogP contribution in [0, 0.1) is 0 Å². The molecule has 1 fully saturated rings. The van der Waals surface area contributed by atoms with Crippen LogP contribution < -0.4 is 43.8 Å². The molecular formula is C34H48N12O7. The summed E-state index contributed by atoms with van der Waals surface area (Å²) in [6, 6.07) is 0.982. The van der Waals surface area contributed by atoms with Crippen LogP contribution in [0.5, 0.6) is 0 Å². The molecule has 1 aromatic carbocycles. The van der Waals surface area contributed by atoms with Crippen molar-refractivity contribution in [3.05, 3.63) is 54.2 Å². The highest BCUT2D eigenvalue weighted by atomic mass is 16.4. The van der Waals surface area contributed by atoms with Crippen molar-refractivity contribution in [2.24, 2.45) is 22.2 Å². The molecule has 0 radical (unpaired) electrons. The van der Waals surface area contributed by atoms with Crippen LogP contribution in [0.2, 0.25) is 0 Å². The van der Waals surface area contributed by atoms with Crippen LogP contribution in [0.15, 0.2) is 48.0 Å². The van der Waals surface area contributed by atoms with Gasteiger partial charge in [0.2, 0.25) is 29.5 Å². The number of nitrogens with two attached hydrogens (primary N) is 3. The molecule has 2 aromatic heterocycles. The number of para-hydroxylation sites is 1. The van der Waals surface area contributed by atoms with Gasteiger partial charge in [-0.2, -0.15) is 0 Å². The summed E-state index contributed by atoms with van der Waals surface area (Å²) in [6.45, 7) is 0.492. The Hall–Kier alpha value is -5.98. The second kappa shape index (κ2) is 19.6. The first-order chi connectivity index (χ1) is 25.4. The molecule has 1 aliphatic rings. The van der Waals surface area contributed by atoms with Crippen LogP contribution in [0.1, 0.15) is 56.2 Å². The summed E-state index contributed by atoms with van der Waals surface area (Å²) in [5, 5.41) is 24.0. The fraction of sp³-hybridized carbons (Fsp3) is 0.471. The maximum atomic E-state index is 14.2. The van der Waals surface area contributed by atoms with E-state index in [0.717, 1.165) is 10.9 Å². The number of imidazole rings is 1. The lowest BCUT2D eigenvalue weighted by Crippen LogP contribution is -2.59. The normalized spacial score (nSPS) is 22.1. The second-order valence-corrected chi connectivity index (χ2v) is 12.8. The Bertz CT molecular complexity index is 1750. The molecule has 53 heavy (non-hydrogen) atoms. The number of benzene rings is 1. The van der Waals surface area contributed by atoms with Crippen molar-refractivity contribution in [3.63, 3.8) is 0 Å². The quantitative estimate of drug-likeness (QED) is 0.0526. The maximum absolute atomic E-state index is 14.2. The van der Waals surface area contributed by atoms with Gasteiger partial charge in [-0.05, 0) is 56.7 Å². The molecule has 19 heteroatoms. The van der Waals surface area contributed by atoms with Crippen molar-refractivity contribution in [2.45, 2.75) is 88.0 Å². The molecule has 14 N–H and O–H groups in total. The molecular weight excluding hydrogens is 688 g/mol. The van der Waals surface area contributed by atoms with E-state index in [1.807, 2.05) is 24.3 Å². The summed E-state index contributed by atoms with van der Waals surface area (Å²) >= 11 is 0. The summed E-state index contributed by atoms with van der Waals surface area (Å²) in [5.74, 6) is -5.15. The first kappa shape index (κ1) is 39.8. The van der Waals surface area contributed by atoms with Crippen LogP contribution in [-0.4, -0.2) is 105 Å². The highest BCUT2D eigenvalue weighted by Crippen LogP contribution is 2.20. The van der Waals surface area contributed by atoms with Crippen LogP contribution in [-0.2, 0) is 41.6 Å². The zero-order chi connectivity index (χ0) is 38.3. The first-order valence-electron chi connectivity index (χ1n) is 17.5. The minimum Gasteiger partial charge on any atom is -0.480 e. The SMILES string of the molecule is NCCCC[C@@H]1NC(=O)CC[C@@H](C(=O)O)NC(=O)[C@H](Cc2cnc[nH]2)NC(=O)[C@@H](Cc2c[nH]c3ccccc23)NC(=O)[C@H](CCCN=C(N)N)NC1=O. The van der Waals surface area contributed by atoms with Gasteiger partial charge >= 0.3 is 5.97 Å². The van der Waals surface area contributed by atoms with Gasteiger partial charge in [-0.3, -0.25) is 29.0 Å². The van der Waals surface area contributed by atoms with Crippen molar-refractivity contribution < 1.29 is 33.9 Å². The van der Waals surface area contributed by atoms with Crippen LogP contribution in [0.3, 0.4) is 0 Å². The van der Waals surface area contributed by atoms with Crippen molar-refractivity contribution >= 4 is 52.4 Å². The number of aliphatic carboxylic acids is 1. The zero-order valence-corrected chi connectivity index (χ0v) is 29.2. The third-order valence-corrected chi connectivity index (χ3v) is 8.80. The molecule has 0 saturated carbocycles. The van der Waals surface area contributed by atoms with Gasteiger partial charge in [0, 0.05) is 54.8 Å². The number of hydrogen-bond donors (Lipinski definition) is 11. The Labute approximate surface area is 305 Å². The highest BCUT2D eigenvalue weighted by Gasteiger charge is 2.34. The summed E-state index contributed by atoms with van der Waals surface area (Å²) in [7, 11) is 0.